The Kier molecular flexibility index (Phi) is 11.0. The van der Waals surface area contributed by atoms with Crippen LogP contribution in [-0.4, -0.2) is 19.9 Å². The van der Waals surface area contributed by atoms with Crippen LogP contribution < -0.4 is 0 Å². The van der Waals surface area contributed by atoms with Gasteiger partial charge in [-0.2, -0.15) is 0 Å². The summed E-state index contributed by atoms with van der Waals surface area (Å²) in [6.45, 7) is 4.34. The Bertz CT molecular complexity index is 245. The SMILES string of the molecule is CCCCCCCCS(=O)(=O)CCCCCC. The van der Waals surface area contributed by atoms with Crippen molar-refractivity contribution in [3.63, 3.8) is 0 Å². The van der Waals surface area contributed by atoms with Gasteiger partial charge in [0.05, 0.1) is 11.5 Å². The molecule has 0 aromatic rings. The summed E-state index contributed by atoms with van der Waals surface area (Å²) < 4.78 is 23.4. The van der Waals surface area contributed by atoms with Crippen molar-refractivity contribution < 1.29 is 8.42 Å². The van der Waals surface area contributed by atoms with E-state index in [-0.39, 0.29) is 0 Å². The van der Waals surface area contributed by atoms with E-state index in [0.717, 1.165) is 38.5 Å². The van der Waals surface area contributed by atoms with Crippen molar-refractivity contribution in [1.29, 1.82) is 0 Å². The minimum absolute atomic E-state index is 0.405. The summed E-state index contributed by atoms with van der Waals surface area (Å²) in [6, 6.07) is 0. The fourth-order valence-corrected chi connectivity index (χ4v) is 3.45. The zero-order valence-corrected chi connectivity index (χ0v) is 12.5. The van der Waals surface area contributed by atoms with E-state index in [1.54, 1.807) is 0 Å². The molecule has 0 aliphatic rings. The van der Waals surface area contributed by atoms with Gasteiger partial charge in [-0.25, -0.2) is 8.42 Å². The lowest BCUT2D eigenvalue weighted by molar-refractivity contribution is 0.578. The van der Waals surface area contributed by atoms with Crippen molar-refractivity contribution in [2.24, 2.45) is 0 Å². The Morgan fingerprint density at radius 3 is 1.41 bits per heavy atom. The summed E-state index contributed by atoms with van der Waals surface area (Å²) in [5.41, 5.74) is 0. The maximum atomic E-state index is 11.7. The van der Waals surface area contributed by atoms with Crippen LogP contribution in [0.2, 0.25) is 0 Å². The van der Waals surface area contributed by atoms with Crippen molar-refractivity contribution >= 4 is 9.84 Å². The van der Waals surface area contributed by atoms with E-state index in [0.29, 0.717) is 11.5 Å². The predicted molar refractivity (Wildman–Crippen MR) is 76.2 cm³/mol. The van der Waals surface area contributed by atoms with Crippen molar-refractivity contribution in [2.45, 2.75) is 78.1 Å². The maximum Gasteiger partial charge on any atom is 0.150 e. The van der Waals surface area contributed by atoms with E-state index in [4.69, 9.17) is 0 Å². The van der Waals surface area contributed by atoms with Gasteiger partial charge in [0.25, 0.3) is 0 Å². The number of rotatable bonds is 12. The fourth-order valence-electron chi connectivity index (χ4n) is 1.95. The van der Waals surface area contributed by atoms with Crippen LogP contribution in [0.25, 0.3) is 0 Å². The monoisotopic (exact) mass is 262 g/mol. The normalized spacial score (nSPS) is 11.9. The highest BCUT2D eigenvalue weighted by Crippen LogP contribution is 2.08. The van der Waals surface area contributed by atoms with Crippen molar-refractivity contribution in [1.82, 2.24) is 0 Å². The summed E-state index contributed by atoms with van der Waals surface area (Å²) in [5, 5.41) is 0. The molecule has 0 rings (SSSR count). The number of hydrogen-bond donors (Lipinski definition) is 0. The maximum absolute atomic E-state index is 11.7. The van der Waals surface area contributed by atoms with Crippen LogP contribution in [0.15, 0.2) is 0 Å². The lowest BCUT2D eigenvalue weighted by Crippen LogP contribution is -2.11. The predicted octanol–water partition coefficient (Wildman–Crippen LogP) is 4.34. The van der Waals surface area contributed by atoms with Gasteiger partial charge in [-0.1, -0.05) is 65.2 Å². The molecule has 3 heteroatoms. The highest BCUT2D eigenvalue weighted by Gasteiger charge is 2.09. The second-order valence-electron chi connectivity index (χ2n) is 4.98. The zero-order valence-electron chi connectivity index (χ0n) is 11.7. The smallest absolute Gasteiger partial charge is 0.150 e. The summed E-state index contributed by atoms with van der Waals surface area (Å²) in [6.07, 6.45) is 11.2. The minimum Gasteiger partial charge on any atom is -0.229 e. The van der Waals surface area contributed by atoms with Crippen LogP contribution in [0.3, 0.4) is 0 Å². The third-order valence-corrected chi connectivity index (χ3v) is 4.94. The van der Waals surface area contributed by atoms with Crippen LogP contribution in [0, 0.1) is 0 Å². The molecule has 0 fully saturated rings. The first-order valence-corrected chi connectivity index (χ1v) is 9.15. The molecule has 104 valence electrons. The molecule has 17 heavy (non-hydrogen) atoms. The van der Waals surface area contributed by atoms with Gasteiger partial charge in [-0.05, 0) is 12.8 Å². The summed E-state index contributed by atoms with van der Waals surface area (Å²) in [7, 11) is -2.75. The van der Waals surface area contributed by atoms with E-state index in [1.165, 1.54) is 25.7 Å². The van der Waals surface area contributed by atoms with Gasteiger partial charge >= 0.3 is 0 Å². The first kappa shape index (κ1) is 16.9. The van der Waals surface area contributed by atoms with Gasteiger partial charge in [0.2, 0.25) is 0 Å². The van der Waals surface area contributed by atoms with E-state index in [9.17, 15) is 8.42 Å². The average molecular weight is 262 g/mol. The van der Waals surface area contributed by atoms with E-state index < -0.39 is 9.84 Å². The second-order valence-corrected chi connectivity index (χ2v) is 7.28. The molecule has 0 saturated carbocycles. The summed E-state index contributed by atoms with van der Waals surface area (Å²) in [4.78, 5) is 0. The third kappa shape index (κ3) is 12.2. The number of hydrogen-bond acceptors (Lipinski definition) is 2. The lowest BCUT2D eigenvalue weighted by Gasteiger charge is -2.04. The molecular formula is C14H30O2S. The molecule has 0 aliphatic carbocycles. The highest BCUT2D eigenvalue weighted by molar-refractivity contribution is 7.91. The Labute approximate surface area is 108 Å². The first-order chi connectivity index (χ1) is 8.12. The topological polar surface area (TPSA) is 34.1 Å². The van der Waals surface area contributed by atoms with Crippen molar-refractivity contribution in [3.05, 3.63) is 0 Å². The molecule has 0 unspecified atom stereocenters. The van der Waals surface area contributed by atoms with Crippen molar-refractivity contribution in [2.75, 3.05) is 11.5 Å². The third-order valence-electron chi connectivity index (χ3n) is 3.12. The summed E-state index contributed by atoms with van der Waals surface area (Å²) >= 11 is 0. The van der Waals surface area contributed by atoms with Gasteiger partial charge in [-0.3, -0.25) is 0 Å². The number of sulfone groups is 1. The molecular weight excluding hydrogens is 232 g/mol. The molecule has 0 atom stereocenters. The Hall–Kier alpha value is -0.0500. The quantitative estimate of drug-likeness (QED) is 0.490. The van der Waals surface area contributed by atoms with Crippen LogP contribution in [0.5, 0.6) is 0 Å². The van der Waals surface area contributed by atoms with Gasteiger partial charge in [0, 0.05) is 0 Å². The molecule has 2 nitrogen and oxygen atoms in total. The molecule has 0 aromatic heterocycles. The van der Waals surface area contributed by atoms with Gasteiger partial charge in [0.1, 0.15) is 9.84 Å². The fraction of sp³-hybridized carbons (Fsp3) is 1.00. The standard InChI is InChI=1S/C14H30O2S/c1-3-5-7-9-10-12-14-17(15,16)13-11-8-6-4-2/h3-14H2,1-2H3. The average Bonchev–Trinajstić information content (AvgIpc) is 2.29. The molecule has 0 N–H and O–H groups in total. The first-order valence-electron chi connectivity index (χ1n) is 7.32. The lowest BCUT2D eigenvalue weighted by atomic mass is 10.1. The molecule has 0 saturated heterocycles. The van der Waals surface area contributed by atoms with Gasteiger partial charge in [0.15, 0.2) is 0 Å². The molecule has 0 radical (unpaired) electrons. The Morgan fingerprint density at radius 1 is 0.588 bits per heavy atom. The molecule has 0 amide bonds. The number of unbranched alkanes of at least 4 members (excludes halogenated alkanes) is 8. The Morgan fingerprint density at radius 2 is 0.941 bits per heavy atom. The largest absolute Gasteiger partial charge is 0.229 e. The Balaban J connectivity index is 3.44. The molecule has 0 heterocycles. The second kappa shape index (κ2) is 11.1. The molecule has 0 aromatic carbocycles. The summed E-state index contributed by atoms with van der Waals surface area (Å²) in [5.74, 6) is 0.813. The minimum atomic E-state index is -2.75. The molecule has 0 aliphatic heterocycles. The van der Waals surface area contributed by atoms with E-state index in [1.807, 2.05) is 0 Å². The van der Waals surface area contributed by atoms with Gasteiger partial charge in [-0.15, -0.1) is 0 Å². The zero-order chi connectivity index (χ0) is 13.0. The van der Waals surface area contributed by atoms with Crippen LogP contribution in [0.4, 0.5) is 0 Å². The van der Waals surface area contributed by atoms with E-state index in [2.05, 4.69) is 13.8 Å². The van der Waals surface area contributed by atoms with E-state index >= 15 is 0 Å². The molecule has 0 bridgehead atoms. The van der Waals surface area contributed by atoms with Crippen LogP contribution in [-0.2, 0) is 9.84 Å². The van der Waals surface area contributed by atoms with Crippen LogP contribution in [0.1, 0.15) is 78.1 Å². The highest BCUT2D eigenvalue weighted by atomic mass is 32.2. The molecule has 0 spiro atoms. The van der Waals surface area contributed by atoms with Crippen LogP contribution >= 0.6 is 0 Å². The van der Waals surface area contributed by atoms with Gasteiger partial charge < -0.3 is 0 Å². The van der Waals surface area contributed by atoms with Crippen molar-refractivity contribution in [3.8, 4) is 0 Å².